The lowest BCUT2D eigenvalue weighted by Crippen LogP contribution is -2.08. The SMILES string of the molecule is CC(CN)c1ccc(Cc2ccc3c(c2)OCO3)cc1. The molecule has 104 valence electrons. The number of rotatable bonds is 4. The van der Waals surface area contributed by atoms with Crippen molar-refractivity contribution >= 4 is 0 Å². The van der Waals surface area contributed by atoms with Crippen molar-refractivity contribution in [2.75, 3.05) is 13.3 Å². The number of hydrogen-bond acceptors (Lipinski definition) is 3. The molecule has 0 radical (unpaired) electrons. The highest BCUT2D eigenvalue weighted by Gasteiger charge is 2.13. The third kappa shape index (κ3) is 2.63. The Kier molecular flexibility index (Phi) is 3.61. The van der Waals surface area contributed by atoms with Crippen LogP contribution in [0.4, 0.5) is 0 Å². The summed E-state index contributed by atoms with van der Waals surface area (Å²) in [6, 6.07) is 14.8. The van der Waals surface area contributed by atoms with Gasteiger partial charge in [-0.1, -0.05) is 37.3 Å². The summed E-state index contributed by atoms with van der Waals surface area (Å²) in [5, 5.41) is 0. The van der Waals surface area contributed by atoms with Crippen molar-refractivity contribution in [3.05, 3.63) is 59.2 Å². The average molecular weight is 269 g/mol. The van der Waals surface area contributed by atoms with Gasteiger partial charge in [0.05, 0.1) is 0 Å². The molecule has 1 aliphatic rings. The molecule has 0 saturated heterocycles. The second-order valence-corrected chi connectivity index (χ2v) is 5.24. The second kappa shape index (κ2) is 5.55. The highest BCUT2D eigenvalue weighted by molar-refractivity contribution is 5.45. The maximum absolute atomic E-state index is 5.69. The first-order valence-electron chi connectivity index (χ1n) is 6.93. The van der Waals surface area contributed by atoms with Gasteiger partial charge in [0, 0.05) is 0 Å². The Morgan fingerprint density at radius 2 is 1.70 bits per heavy atom. The van der Waals surface area contributed by atoms with Crippen molar-refractivity contribution in [2.24, 2.45) is 5.73 Å². The van der Waals surface area contributed by atoms with Crippen molar-refractivity contribution in [1.29, 1.82) is 0 Å². The number of ether oxygens (including phenoxy) is 2. The van der Waals surface area contributed by atoms with E-state index in [-0.39, 0.29) is 0 Å². The number of fused-ring (bicyclic) bond motifs is 1. The molecule has 0 fully saturated rings. The molecule has 1 heterocycles. The molecule has 2 aromatic carbocycles. The molecule has 1 unspecified atom stereocenters. The van der Waals surface area contributed by atoms with Crippen LogP contribution in [0.2, 0.25) is 0 Å². The number of nitrogens with two attached hydrogens (primary N) is 1. The van der Waals surface area contributed by atoms with Gasteiger partial charge in [-0.2, -0.15) is 0 Å². The molecule has 1 atom stereocenters. The molecular formula is C17H19NO2. The summed E-state index contributed by atoms with van der Waals surface area (Å²) < 4.78 is 10.7. The maximum Gasteiger partial charge on any atom is 0.231 e. The van der Waals surface area contributed by atoms with Gasteiger partial charge in [0.2, 0.25) is 6.79 Å². The quantitative estimate of drug-likeness (QED) is 0.927. The lowest BCUT2D eigenvalue weighted by molar-refractivity contribution is 0.174. The monoisotopic (exact) mass is 269 g/mol. The summed E-state index contributed by atoms with van der Waals surface area (Å²) in [4.78, 5) is 0. The van der Waals surface area contributed by atoms with E-state index in [0.717, 1.165) is 17.9 Å². The minimum absolute atomic E-state index is 0.324. The first kappa shape index (κ1) is 13.0. The minimum atomic E-state index is 0.324. The standard InChI is InChI=1S/C17H19NO2/c1-12(10-18)15-5-2-13(3-6-15)8-14-4-7-16-17(9-14)20-11-19-16/h2-7,9,12H,8,10-11,18H2,1H3. The zero-order valence-corrected chi connectivity index (χ0v) is 11.6. The fourth-order valence-corrected chi connectivity index (χ4v) is 2.39. The van der Waals surface area contributed by atoms with Crippen LogP contribution in [-0.2, 0) is 6.42 Å². The van der Waals surface area contributed by atoms with E-state index in [9.17, 15) is 0 Å². The van der Waals surface area contributed by atoms with Crippen LogP contribution in [0.1, 0.15) is 29.5 Å². The molecule has 2 aromatic rings. The van der Waals surface area contributed by atoms with Crippen LogP contribution in [0.15, 0.2) is 42.5 Å². The van der Waals surface area contributed by atoms with Gasteiger partial charge in [-0.05, 0) is 47.7 Å². The smallest absolute Gasteiger partial charge is 0.231 e. The molecule has 20 heavy (non-hydrogen) atoms. The summed E-state index contributed by atoms with van der Waals surface area (Å²) in [5.41, 5.74) is 9.50. The Morgan fingerprint density at radius 3 is 2.45 bits per heavy atom. The van der Waals surface area contributed by atoms with Crippen LogP contribution in [0, 0.1) is 0 Å². The third-order valence-corrected chi connectivity index (χ3v) is 3.75. The topological polar surface area (TPSA) is 44.5 Å². The molecule has 3 heteroatoms. The number of benzene rings is 2. The Labute approximate surface area is 119 Å². The second-order valence-electron chi connectivity index (χ2n) is 5.24. The van der Waals surface area contributed by atoms with Gasteiger partial charge in [-0.15, -0.1) is 0 Å². The van der Waals surface area contributed by atoms with E-state index in [0.29, 0.717) is 19.3 Å². The van der Waals surface area contributed by atoms with E-state index in [1.807, 2.05) is 6.07 Å². The van der Waals surface area contributed by atoms with Crippen LogP contribution in [0.25, 0.3) is 0 Å². The summed E-state index contributed by atoms with van der Waals surface area (Å²) in [5.74, 6) is 2.09. The molecule has 0 aliphatic carbocycles. The highest BCUT2D eigenvalue weighted by atomic mass is 16.7. The zero-order chi connectivity index (χ0) is 13.9. The van der Waals surface area contributed by atoms with Gasteiger partial charge >= 0.3 is 0 Å². The summed E-state index contributed by atoms with van der Waals surface area (Å²) in [6.45, 7) is 3.15. The Hall–Kier alpha value is -2.00. The first-order valence-corrected chi connectivity index (χ1v) is 6.93. The van der Waals surface area contributed by atoms with Gasteiger partial charge in [-0.3, -0.25) is 0 Å². The fraction of sp³-hybridized carbons (Fsp3) is 0.294. The summed E-state index contributed by atoms with van der Waals surface area (Å²) in [7, 11) is 0. The average Bonchev–Trinajstić information content (AvgIpc) is 2.95. The van der Waals surface area contributed by atoms with Crippen LogP contribution in [0.3, 0.4) is 0 Å². The van der Waals surface area contributed by atoms with Crippen LogP contribution < -0.4 is 15.2 Å². The van der Waals surface area contributed by atoms with Crippen molar-refractivity contribution < 1.29 is 9.47 Å². The van der Waals surface area contributed by atoms with E-state index >= 15 is 0 Å². The molecule has 0 spiro atoms. The van der Waals surface area contributed by atoms with Gasteiger partial charge in [-0.25, -0.2) is 0 Å². The highest BCUT2D eigenvalue weighted by Crippen LogP contribution is 2.33. The largest absolute Gasteiger partial charge is 0.454 e. The van der Waals surface area contributed by atoms with Crippen LogP contribution in [0.5, 0.6) is 11.5 Å². The normalized spacial score (nSPS) is 14.3. The molecule has 0 aromatic heterocycles. The Balaban J connectivity index is 1.74. The van der Waals surface area contributed by atoms with Crippen LogP contribution >= 0.6 is 0 Å². The lowest BCUT2D eigenvalue weighted by Gasteiger charge is -2.10. The molecule has 0 saturated carbocycles. The van der Waals surface area contributed by atoms with Crippen molar-refractivity contribution in [1.82, 2.24) is 0 Å². The van der Waals surface area contributed by atoms with Crippen molar-refractivity contribution in [2.45, 2.75) is 19.3 Å². The van der Waals surface area contributed by atoms with E-state index < -0.39 is 0 Å². The van der Waals surface area contributed by atoms with E-state index in [1.165, 1.54) is 16.7 Å². The maximum atomic E-state index is 5.69. The molecule has 1 aliphatic heterocycles. The molecule has 2 N–H and O–H groups in total. The van der Waals surface area contributed by atoms with Crippen molar-refractivity contribution in [3.8, 4) is 11.5 Å². The van der Waals surface area contributed by atoms with Gasteiger partial charge in [0.15, 0.2) is 11.5 Å². The van der Waals surface area contributed by atoms with E-state index in [2.05, 4.69) is 43.3 Å². The number of hydrogen-bond donors (Lipinski definition) is 1. The first-order chi connectivity index (χ1) is 9.76. The van der Waals surface area contributed by atoms with Gasteiger partial charge in [0.1, 0.15) is 0 Å². The molecular weight excluding hydrogens is 250 g/mol. The lowest BCUT2D eigenvalue weighted by atomic mass is 9.98. The predicted octanol–water partition coefficient (Wildman–Crippen LogP) is 3.07. The molecule has 3 nitrogen and oxygen atoms in total. The van der Waals surface area contributed by atoms with Crippen LogP contribution in [-0.4, -0.2) is 13.3 Å². The minimum Gasteiger partial charge on any atom is -0.454 e. The molecule has 0 bridgehead atoms. The van der Waals surface area contributed by atoms with Crippen molar-refractivity contribution in [3.63, 3.8) is 0 Å². The summed E-state index contributed by atoms with van der Waals surface area (Å²) in [6.07, 6.45) is 0.897. The van der Waals surface area contributed by atoms with Gasteiger partial charge in [0.25, 0.3) is 0 Å². The zero-order valence-electron chi connectivity index (χ0n) is 11.6. The molecule has 3 rings (SSSR count). The van der Waals surface area contributed by atoms with E-state index in [4.69, 9.17) is 15.2 Å². The Morgan fingerprint density at radius 1 is 1.00 bits per heavy atom. The predicted molar refractivity (Wildman–Crippen MR) is 79.3 cm³/mol. The summed E-state index contributed by atoms with van der Waals surface area (Å²) >= 11 is 0. The van der Waals surface area contributed by atoms with Gasteiger partial charge < -0.3 is 15.2 Å². The Bertz CT molecular complexity index is 592. The fourth-order valence-electron chi connectivity index (χ4n) is 2.39. The van der Waals surface area contributed by atoms with E-state index in [1.54, 1.807) is 0 Å². The third-order valence-electron chi connectivity index (χ3n) is 3.75. The molecule has 0 amide bonds.